The lowest BCUT2D eigenvalue weighted by Gasteiger charge is -2.37. The Balaban J connectivity index is 1.63. The largest absolute Gasteiger partial charge is 0.379 e. The third-order valence-electron chi connectivity index (χ3n) is 5.37. The van der Waals surface area contributed by atoms with Crippen molar-refractivity contribution in [1.29, 1.82) is 0 Å². The number of benzene rings is 1. The fourth-order valence-corrected chi connectivity index (χ4v) is 3.81. The first-order valence-corrected chi connectivity index (χ1v) is 9.13. The SMILES string of the molecule is Cc1ccc(F)c(CN2CCCCC2CCN2CCOCC2)c1F. The highest BCUT2D eigenvalue weighted by atomic mass is 19.1. The molecule has 1 aromatic rings. The number of ether oxygens (including phenoxy) is 1. The monoisotopic (exact) mass is 338 g/mol. The number of likely N-dealkylation sites (tertiary alicyclic amines) is 1. The van der Waals surface area contributed by atoms with E-state index in [1.54, 1.807) is 6.92 Å². The molecule has 0 bridgehead atoms. The lowest BCUT2D eigenvalue weighted by Crippen LogP contribution is -2.43. The fourth-order valence-electron chi connectivity index (χ4n) is 3.81. The summed E-state index contributed by atoms with van der Waals surface area (Å²) < 4.78 is 33.8. The Labute approximate surface area is 143 Å². The summed E-state index contributed by atoms with van der Waals surface area (Å²) in [5.74, 6) is -0.803. The predicted octanol–water partition coefficient (Wildman–Crippen LogP) is 3.35. The van der Waals surface area contributed by atoms with Crippen LogP contribution in [0.5, 0.6) is 0 Å². The lowest BCUT2D eigenvalue weighted by molar-refractivity contribution is 0.0300. The van der Waals surface area contributed by atoms with Crippen LogP contribution in [0.3, 0.4) is 0 Å². The van der Waals surface area contributed by atoms with Crippen LogP contribution in [0, 0.1) is 18.6 Å². The van der Waals surface area contributed by atoms with Crippen LogP contribution in [0.1, 0.15) is 36.8 Å². The standard InChI is InChI=1S/C19H28F2N2O/c1-15-5-6-18(20)17(19(15)21)14-23-8-3-2-4-16(23)7-9-22-10-12-24-13-11-22/h5-6,16H,2-4,7-14H2,1H3. The fraction of sp³-hybridized carbons (Fsp3) is 0.684. The highest BCUT2D eigenvalue weighted by Crippen LogP contribution is 2.25. The van der Waals surface area contributed by atoms with Crippen molar-refractivity contribution in [3.8, 4) is 0 Å². The second-order valence-electron chi connectivity index (χ2n) is 7.02. The maximum Gasteiger partial charge on any atom is 0.133 e. The molecule has 2 saturated heterocycles. The Morgan fingerprint density at radius 2 is 1.92 bits per heavy atom. The van der Waals surface area contributed by atoms with Crippen molar-refractivity contribution in [2.24, 2.45) is 0 Å². The van der Waals surface area contributed by atoms with Crippen molar-refractivity contribution in [2.75, 3.05) is 39.4 Å². The summed E-state index contributed by atoms with van der Waals surface area (Å²) in [6.45, 7) is 7.67. The molecule has 2 heterocycles. The summed E-state index contributed by atoms with van der Waals surface area (Å²) in [7, 11) is 0. The molecule has 0 aromatic heterocycles. The Kier molecular flexibility index (Phi) is 6.19. The van der Waals surface area contributed by atoms with E-state index in [1.807, 2.05) is 0 Å². The van der Waals surface area contributed by atoms with Gasteiger partial charge in [-0.25, -0.2) is 8.78 Å². The van der Waals surface area contributed by atoms with Gasteiger partial charge < -0.3 is 4.74 Å². The van der Waals surface area contributed by atoms with E-state index in [9.17, 15) is 8.78 Å². The van der Waals surface area contributed by atoms with Gasteiger partial charge in [-0.3, -0.25) is 9.80 Å². The van der Waals surface area contributed by atoms with Gasteiger partial charge in [-0.1, -0.05) is 12.5 Å². The van der Waals surface area contributed by atoms with E-state index in [-0.39, 0.29) is 11.4 Å². The van der Waals surface area contributed by atoms with E-state index in [0.717, 1.165) is 58.7 Å². The zero-order valence-electron chi connectivity index (χ0n) is 14.6. The van der Waals surface area contributed by atoms with Gasteiger partial charge in [0.1, 0.15) is 11.6 Å². The van der Waals surface area contributed by atoms with Crippen molar-refractivity contribution in [1.82, 2.24) is 9.80 Å². The minimum absolute atomic E-state index is 0.230. The zero-order valence-corrected chi connectivity index (χ0v) is 14.6. The molecule has 0 spiro atoms. The van der Waals surface area contributed by atoms with Crippen LogP contribution < -0.4 is 0 Å². The summed E-state index contributed by atoms with van der Waals surface area (Å²) in [4.78, 5) is 4.72. The molecule has 3 nitrogen and oxygen atoms in total. The minimum atomic E-state index is -0.421. The van der Waals surface area contributed by atoms with Crippen molar-refractivity contribution >= 4 is 0 Å². The van der Waals surface area contributed by atoms with E-state index in [4.69, 9.17) is 4.74 Å². The first kappa shape index (κ1) is 17.8. The number of rotatable bonds is 5. The molecule has 0 radical (unpaired) electrons. The normalized spacial score (nSPS) is 23.5. The van der Waals surface area contributed by atoms with Crippen molar-refractivity contribution in [2.45, 2.75) is 45.2 Å². The van der Waals surface area contributed by atoms with Crippen molar-refractivity contribution < 1.29 is 13.5 Å². The van der Waals surface area contributed by atoms with E-state index < -0.39 is 5.82 Å². The third-order valence-corrected chi connectivity index (χ3v) is 5.37. The predicted molar refractivity (Wildman–Crippen MR) is 91.0 cm³/mol. The molecule has 2 aliphatic rings. The Bertz CT molecular complexity index is 546. The van der Waals surface area contributed by atoms with Crippen LogP contribution in [0.2, 0.25) is 0 Å². The molecule has 1 unspecified atom stereocenters. The molecule has 3 rings (SSSR count). The number of nitrogens with zero attached hydrogens (tertiary/aromatic N) is 2. The minimum Gasteiger partial charge on any atom is -0.379 e. The zero-order chi connectivity index (χ0) is 16.9. The van der Waals surface area contributed by atoms with Gasteiger partial charge in [-0.15, -0.1) is 0 Å². The van der Waals surface area contributed by atoms with Crippen LogP contribution in [0.15, 0.2) is 12.1 Å². The molecule has 0 saturated carbocycles. The van der Waals surface area contributed by atoms with Gasteiger partial charge in [-0.05, 0) is 50.9 Å². The van der Waals surface area contributed by atoms with Gasteiger partial charge in [0.2, 0.25) is 0 Å². The number of aryl methyl sites for hydroxylation is 1. The number of morpholine rings is 1. The highest BCUT2D eigenvalue weighted by molar-refractivity contribution is 5.26. The molecule has 1 atom stereocenters. The number of hydrogen-bond acceptors (Lipinski definition) is 3. The van der Waals surface area contributed by atoms with Gasteiger partial charge in [0.25, 0.3) is 0 Å². The van der Waals surface area contributed by atoms with Crippen LogP contribution >= 0.6 is 0 Å². The summed E-state index contributed by atoms with van der Waals surface area (Å²) >= 11 is 0. The van der Waals surface area contributed by atoms with Crippen LogP contribution in [0.25, 0.3) is 0 Å². The van der Waals surface area contributed by atoms with E-state index >= 15 is 0 Å². The second kappa shape index (κ2) is 8.37. The third kappa shape index (κ3) is 4.32. The van der Waals surface area contributed by atoms with Crippen LogP contribution in [-0.4, -0.2) is 55.2 Å². The number of hydrogen-bond donors (Lipinski definition) is 0. The molecule has 24 heavy (non-hydrogen) atoms. The van der Waals surface area contributed by atoms with Crippen LogP contribution in [0.4, 0.5) is 8.78 Å². The smallest absolute Gasteiger partial charge is 0.133 e. The Morgan fingerprint density at radius 3 is 2.71 bits per heavy atom. The first-order chi connectivity index (χ1) is 11.6. The topological polar surface area (TPSA) is 15.7 Å². The molecule has 134 valence electrons. The van der Waals surface area contributed by atoms with Gasteiger partial charge in [-0.2, -0.15) is 0 Å². The molecule has 5 heteroatoms. The molecule has 0 N–H and O–H groups in total. The maximum absolute atomic E-state index is 14.3. The van der Waals surface area contributed by atoms with Crippen LogP contribution in [-0.2, 0) is 11.3 Å². The first-order valence-electron chi connectivity index (χ1n) is 9.13. The second-order valence-corrected chi connectivity index (χ2v) is 7.02. The Morgan fingerprint density at radius 1 is 1.12 bits per heavy atom. The molecule has 2 fully saturated rings. The van der Waals surface area contributed by atoms with E-state index in [2.05, 4.69) is 9.80 Å². The van der Waals surface area contributed by atoms with Gasteiger partial charge >= 0.3 is 0 Å². The molecule has 1 aromatic carbocycles. The average Bonchev–Trinajstić information content (AvgIpc) is 2.62. The van der Waals surface area contributed by atoms with Gasteiger partial charge in [0.15, 0.2) is 0 Å². The lowest BCUT2D eigenvalue weighted by atomic mass is 9.97. The molecular weight excluding hydrogens is 310 g/mol. The van der Waals surface area contributed by atoms with Crippen molar-refractivity contribution in [3.05, 3.63) is 34.9 Å². The number of piperidine rings is 1. The summed E-state index contributed by atoms with van der Waals surface area (Å²) in [5, 5.41) is 0. The number of halogens is 2. The van der Waals surface area contributed by atoms with Gasteiger partial charge in [0, 0.05) is 31.2 Å². The summed E-state index contributed by atoms with van der Waals surface area (Å²) in [5.41, 5.74) is 0.751. The van der Waals surface area contributed by atoms with E-state index in [0.29, 0.717) is 18.2 Å². The summed E-state index contributed by atoms with van der Waals surface area (Å²) in [6, 6.07) is 3.32. The Hall–Kier alpha value is -1.04. The molecule has 0 aliphatic carbocycles. The molecule has 0 amide bonds. The average molecular weight is 338 g/mol. The van der Waals surface area contributed by atoms with Gasteiger partial charge in [0.05, 0.1) is 13.2 Å². The summed E-state index contributed by atoms with van der Waals surface area (Å²) in [6.07, 6.45) is 4.51. The maximum atomic E-state index is 14.3. The van der Waals surface area contributed by atoms with E-state index in [1.165, 1.54) is 18.6 Å². The molecular formula is C19H28F2N2O. The highest BCUT2D eigenvalue weighted by Gasteiger charge is 2.25. The quantitative estimate of drug-likeness (QED) is 0.819. The van der Waals surface area contributed by atoms with Crippen molar-refractivity contribution in [3.63, 3.8) is 0 Å². The molecule has 2 aliphatic heterocycles.